The molecule has 0 radical (unpaired) electrons. The van der Waals surface area contributed by atoms with Crippen molar-refractivity contribution in [2.24, 2.45) is 0 Å². The highest BCUT2D eigenvalue weighted by Crippen LogP contribution is 2.12. The molecule has 0 saturated heterocycles. The van der Waals surface area contributed by atoms with Crippen molar-refractivity contribution in [2.75, 3.05) is 6.61 Å². The highest BCUT2D eigenvalue weighted by Gasteiger charge is 2.12. The summed E-state index contributed by atoms with van der Waals surface area (Å²) in [4.78, 5) is 12.8. The summed E-state index contributed by atoms with van der Waals surface area (Å²) in [5.41, 5.74) is 0. The summed E-state index contributed by atoms with van der Waals surface area (Å²) in [7, 11) is 0. The van der Waals surface area contributed by atoms with E-state index in [0.29, 0.717) is 13.0 Å². The van der Waals surface area contributed by atoms with Crippen molar-refractivity contribution in [3.63, 3.8) is 0 Å². The molecule has 1 rings (SSSR count). The molecule has 0 fully saturated rings. The Morgan fingerprint density at radius 2 is 2.43 bits per heavy atom. The van der Waals surface area contributed by atoms with Gasteiger partial charge in [-0.25, -0.2) is 0 Å². The first kappa shape index (κ1) is 11.4. The molecule has 14 heavy (non-hydrogen) atoms. The van der Waals surface area contributed by atoms with E-state index < -0.39 is 0 Å². The van der Waals surface area contributed by atoms with Crippen molar-refractivity contribution in [1.29, 1.82) is 0 Å². The molecule has 0 saturated carbocycles. The molecule has 0 aromatic carbocycles. The zero-order chi connectivity index (χ0) is 10.4. The van der Waals surface area contributed by atoms with Crippen LogP contribution in [0.5, 0.6) is 0 Å². The third-order valence-electron chi connectivity index (χ3n) is 2.07. The van der Waals surface area contributed by atoms with Gasteiger partial charge >= 0.3 is 0 Å². The van der Waals surface area contributed by atoms with Gasteiger partial charge in [-0.05, 0) is 31.7 Å². The minimum atomic E-state index is -0.250. The molecule has 0 spiro atoms. The molecule has 1 heterocycles. The summed E-state index contributed by atoms with van der Waals surface area (Å²) in [6.45, 7) is 4.33. The van der Waals surface area contributed by atoms with Gasteiger partial charge in [-0.2, -0.15) is 0 Å². The monoisotopic (exact) mass is 212 g/mol. The molecule has 1 aromatic rings. The van der Waals surface area contributed by atoms with E-state index in [4.69, 9.17) is 4.74 Å². The number of hydrogen-bond donors (Lipinski definition) is 0. The van der Waals surface area contributed by atoms with E-state index in [0.717, 1.165) is 6.42 Å². The van der Waals surface area contributed by atoms with Gasteiger partial charge in [-0.1, -0.05) is 6.07 Å². The molecular weight excluding hydrogens is 196 g/mol. The van der Waals surface area contributed by atoms with Crippen molar-refractivity contribution in [1.82, 2.24) is 0 Å². The summed E-state index contributed by atoms with van der Waals surface area (Å²) < 4.78 is 5.23. The molecule has 0 bridgehead atoms. The molecule has 0 N–H and O–H groups in total. The van der Waals surface area contributed by atoms with Gasteiger partial charge in [0.2, 0.25) is 0 Å². The van der Waals surface area contributed by atoms with Crippen LogP contribution in [0.2, 0.25) is 0 Å². The van der Waals surface area contributed by atoms with Crippen molar-refractivity contribution in [3.05, 3.63) is 22.4 Å². The minimum Gasteiger partial charge on any atom is -0.371 e. The Morgan fingerprint density at radius 1 is 1.64 bits per heavy atom. The maximum Gasteiger partial charge on any atom is 0.161 e. The van der Waals surface area contributed by atoms with E-state index in [1.54, 1.807) is 11.3 Å². The van der Waals surface area contributed by atoms with Gasteiger partial charge in [0.15, 0.2) is 5.78 Å². The van der Waals surface area contributed by atoms with Crippen LogP contribution in [0.3, 0.4) is 0 Å². The maximum absolute atomic E-state index is 11.5. The summed E-state index contributed by atoms with van der Waals surface area (Å²) >= 11 is 1.70. The number of aryl methyl sites for hydroxylation is 1. The van der Waals surface area contributed by atoms with Crippen LogP contribution >= 0.6 is 11.3 Å². The number of ether oxygens (including phenoxy) is 1. The third kappa shape index (κ3) is 3.60. The Labute approximate surface area is 88.9 Å². The summed E-state index contributed by atoms with van der Waals surface area (Å²) in [5, 5.41) is 2.03. The second-order valence-corrected chi connectivity index (χ2v) is 4.18. The van der Waals surface area contributed by atoms with Crippen LogP contribution in [-0.4, -0.2) is 18.5 Å². The van der Waals surface area contributed by atoms with Gasteiger partial charge in [-0.15, -0.1) is 11.3 Å². The molecular formula is C11H16O2S. The number of carbonyl (C=O) groups excluding carboxylic acids is 1. The number of Topliss-reactive ketones (excluding diaryl/α,β-unsaturated/α-hetero) is 1. The Hall–Kier alpha value is -0.670. The van der Waals surface area contributed by atoms with Crippen LogP contribution in [0.25, 0.3) is 0 Å². The summed E-state index contributed by atoms with van der Waals surface area (Å²) in [6, 6.07) is 4.07. The van der Waals surface area contributed by atoms with Crippen LogP contribution in [0.15, 0.2) is 17.5 Å². The Morgan fingerprint density at radius 3 is 3.00 bits per heavy atom. The lowest BCUT2D eigenvalue weighted by Crippen LogP contribution is -2.20. The van der Waals surface area contributed by atoms with Gasteiger partial charge in [0, 0.05) is 17.9 Å². The zero-order valence-corrected chi connectivity index (χ0v) is 9.47. The lowest BCUT2D eigenvalue weighted by Gasteiger charge is -2.09. The second kappa shape index (κ2) is 5.94. The van der Waals surface area contributed by atoms with E-state index in [2.05, 4.69) is 6.07 Å². The molecule has 1 aromatic heterocycles. The predicted octanol–water partition coefficient (Wildman–Crippen LogP) is 2.67. The normalized spacial score (nSPS) is 12.7. The minimum absolute atomic E-state index is 0.195. The van der Waals surface area contributed by atoms with Crippen LogP contribution in [0, 0.1) is 0 Å². The topological polar surface area (TPSA) is 26.3 Å². The van der Waals surface area contributed by atoms with Gasteiger partial charge in [0.25, 0.3) is 0 Å². The molecule has 1 atom stereocenters. The highest BCUT2D eigenvalue weighted by atomic mass is 32.1. The number of carbonyl (C=O) groups is 1. The molecule has 1 unspecified atom stereocenters. The highest BCUT2D eigenvalue weighted by molar-refractivity contribution is 7.09. The average Bonchev–Trinajstić information content (AvgIpc) is 2.67. The van der Waals surface area contributed by atoms with Crippen LogP contribution in [0.4, 0.5) is 0 Å². The second-order valence-electron chi connectivity index (χ2n) is 3.14. The van der Waals surface area contributed by atoms with Crippen molar-refractivity contribution >= 4 is 17.1 Å². The van der Waals surface area contributed by atoms with Gasteiger partial charge in [-0.3, -0.25) is 4.79 Å². The molecule has 0 amide bonds. The number of ketones is 1. The van der Waals surface area contributed by atoms with E-state index in [9.17, 15) is 4.79 Å². The van der Waals surface area contributed by atoms with Crippen molar-refractivity contribution in [3.8, 4) is 0 Å². The molecule has 0 aliphatic carbocycles. The van der Waals surface area contributed by atoms with Crippen LogP contribution < -0.4 is 0 Å². The van der Waals surface area contributed by atoms with Crippen molar-refractivity contribution in [2.45, 2.75) is 32.8 Å². The third-order valence-corrected chi connectivity index (χ3v) is 3.00. The van der Waals surface area contributed by atoms with Crippen molar-refractivity contribution < 1.29 is 9.53 Å². The molecule has 0 aliphatic rings. The number of rotatable bonds is 6. The standard InChI is InChI=1S/C11H16O2S/c1-3-13-9(2)11(12)7-6-10-5-4-8-14-10/h4-5,8-9H,3,6-7H2,1-2H3. The van der Waals surface area contributed by atoms with Gasteiger partial charge < -0.3 is 4.74 Å². The first-order chi connectivity index (χ1) is 6.74. The fraction of sp³-hybridized carbons (Fsp3) is 0.545. The first-order valence-electron chi connectivity index (χ1n) is 4.90. The summed E-state index contributed by atoms with van der Waals surface area (Å²) in [6.07, 6.45) is 1.18. The first-order valence-corrected chi connectivity index (χ1v) is 5.78. The fourth-order valence-electron chi connectivity index (χ4n) is 1.25. The molecule has 3 heteroatoms. The molecule has 2 nitrogen and oxygen atoms in total. The Kier molecular flexibility index (Phi) is 4.84. The molecule has 0 aliphatic heterocycles. The van der Waals surface area contributed by atoms with Gasteiger partial charge in [0.1, 0.15) is 6.10 Å². The van der Waals surface area contributed by atoms with Gasteiger partial charge in [0.05, 0.1) is 0 Å². The smallest absolute Gasteiger partial charge is 0.161 e. The number of thiophene rings is 1. The van der Waals surface area contributed by atoms with E-state index >= 15 is 0 Å². The lowest BCUT2D eigenvalue weighted by atomic mass is 10.1. The Balaban J connectivity index is 2.27. The SMILES string of the molecule is CCOC(C)C(=O)CCc1cccs1. The summed E-state index contributed by atoms with van der Waals surface area (Å²) in [5.74, 6) is 0.195. The van der Waals surface area contributed by atoms with E-state index in [1.807, 2.05) is 25.3 Å². The fourth-order valence-corrected chi connectivity index (χ4v) is 1.96. The largest absolute Gasteiger partial charge is 0.371 e. The van der Waals surface area contributed by atoms with E-state index in [1.165, 1.54) is 4.88 Å². The Bertz CT molecular complexity index is 267. The zero-order valence-electron chi connectivity index (χ0n) is 8.66. The van der Waals surface area contributed by atoms with Crippen LogP contribution in [0.1, 0.15) is 25.1 Å². The lowest BCUT2D eigenvalue weighted by molar-refractivity contribution is -0.129. The quantitative estimate of drug-likeness (QED) is 0.724. The molecule has 78 valence electrons. The maximum atomic E-state index is 11.5. The van der Waals surface area contributed by atoms with Crippen LogP contribution in [-0.2, 0) is 16.0 Å². The average molecular weight is 212 g/mol. The van der Waals surface area contributed by atoms with E-state index in [-0.39, 0.29) is 11.9 Å². The predicted molar refractivity (Wildman–Crippen MR) is 58.7 cm³/mol. The number of hydrogen-bond acceptors (Lipinski definition) is 3.